The first-order valence-corrected chi connectivity index (χ1v) is 9.87. The highest BCUT2D eigenvalue weighted by molar-refractivity contribution is 7.89. The van der Waals surface area contributed by atoms with Gasteiger partial charge in [0.1, 0.15) is 0 Å². The molecule has 0 aliphatic carbocycles. The minimum atomic E-state index is -3.75. The van der Waals surface area contributed by atoms with Crippen molar-refractivity contribution in [2.45, 2.75) is 39.5 Å². The van der Waals surface area contributed by atoms with E-state index in [1.165, 1.54) is 7.05 Å². The summed E-state index contributed by atoms with van der Waals surface area (Å²) in [6, 6.07) is 9.39. The molecule has 1 amide bonds. The van der Waals surface area contributed by atoms with Crippen LogP contribution in [0.3, 0.4) is 0 Å². The number of likely N-dealkylation sites (N-methyl/N-ethyl adjacent to an activating group) is 1. The molecule has 5 nitrogen and oxygen atoms in total. The van der Waals surface area contributed by atoms with Crippen molar-refractivity contribution in [2.24, 2.45) is 0 Å². The summed E-state index contributed by atoms with van der Waals surface area (Å²) in [6.07, 6.45) is 0. The van der Waals surface area contributed by atoms with Gasteiger partial charge in [0.15, 0.2) is 0 Å². The number of nitrogens with zero attached hydrogens (tertiary/aromatic N) is 1. The number of nitrogens with one attached hydrogen (secondary N) is 1. The summed E-state index contributed by atoms with van der Waals surface area (Å²) >= 11 is 0. The Morgan fingerprint density at radius 2 is 1.35 bits per heavy atom. The molecule has 2 aromatic rings. The zero-order chi connectivity index (χ0) is 19.6. The Hall–Kier alpha value is -2.18. The molecular formula is C20H26N2O3S. The van der Waals surface area contributed by atoms with Gasteiger partial charge in [0.05, 0.1) is 11.4 Å². The molecule has 2 aromatic carbocycles. The molecular weight excluding hydrogens is 348 g/mol. The van der Waals surface area contributed by atoms with Crippen LogP contribution in [0.4, 0.5) is 5.69 Å². The molecule has 0 atom stereocenters. The number of aryl methyl sites for hydroxylation is 5. The molecule has 0 saturated heterocycles. The first-order valence-electron chi connectivity index (χ1n) is 8.43. The number of amides is 1. The topological polar surface area (TPSA) is 66.5 Å². The fourth-order valence-corrected chi connectivity index (χ4v) is 4.79. The molecule has 0 unspecified atom stereocenters. The maximum absolute atomic E-state index is 12.9. The van der Waals surface area contributed by atoms with Crippen molar-refractivity contribution >= 4 is 21.6 Å². The van der Waals surface area contributed by atoms with E-state index in [0.717, 1.165) is 21.0 Å². The SMILES string of the molecule is Cc1cc(C)cc(NC(=O)CN(C)S(=O)(=O)c2c(C)cc(C)cc2C)c1. The van der Waals surface area contributed by atoms with Crippen molar-refractivity contribution in [3.8, 4) is 0 Å². The molecule has 6 heteroatoms. The molecule has 0 aliphatic heterocycles. The third-order valence-electron chi connectivity index (χ3n) is 4.14. The van der Waals surface area contributed by atoms with Crippen LogP contribution in [0.15, 0.2) is 35.2 Å². The lowest BCUT2D eigenvalue weighted by Gasteiger charge is -2.20. The summed E-state index contributed by atoms with van der Waals surface area (Å²) in [7, 11) is -2.32. The highest BCUT2D eigenvalue weighted by atomic mass is 32.2. The standard InChI is InChI=1S/C20H26N2O3S/c1-13-7-14(2)11-18(10-13)21-19(23)12-22(6)26(24,25)20-16(4)8-15(3)9-17(20)5/h7-11H,12H2,1-6H3,(H,21,23). The first kappa shape index (κ1) is 20.1. The van der Waals surface area contributed by atoms with E-state index in [1.807, 2.05) is 51.1 Å². The van der Waals surface area contributed by atoms with Gasteiger partial charge < -0.3 is 5.32 Å². The van der Waals surface area contributed by atoms with Gasteiger partial charge in [-0.3, -0.25) is 4.79 Å². The number of hydrogen-bond donors (Lipinski definition) is 1. The predicted octanol–water partition coefficient (Wildman–Crippen LogP) is 3.49. The van der Waals surface area contributed by atoms with Crippen molar-refractivity contribution in [2.75, 3.05) is 18.9 Å². The minimum Gasteiger partial charge on any atom is -0.325 e. The molecule has 2 rings (SSSR count). The number of hydrogen-bond acceptors (Lipinski definition) is 3. The summed E-state index contributed by atoms with van der Waals surface area (Å²) in [4.78, 5) is 12.6. The second-order valence-electron chi connectivity index (χ2n) is 6.91. The van der Waals surface area contributed by atoms with Crippen LogP contribution in [0.25, 0.3) is 0 Å². The van der Waals surface area contributed by atoms with Crippen LogP contribution in [-0.4, -0.2) is 32.2 Å². The van der Waals surface area contributed by atoms with E-state index >= 15 is 0 Å². The third-order valence-corrected chi connectivity index (χ3v) is 6.25. The van der Waals surface area contributed by atoms with Crippen LogP contribution in [0.2, 0.25) is 0 Å². The van der Waals surface area contributed by atoms with Gasteiger partial charge in [0.25, 0.3) is 0 Å². The maximum atomic E-state index is 12.9. The summed E-state index contributed by atoms with van der Waals surface area (Å²) < 4.78 is 26.9. The van der Waals surface area contributed by atoms with Crippen molar-refractivity contribution in [1.82, 2.24) is 4.31 Å². The molecule has 0 aromatic heterocycles. The fraction of sp³-hybridized carbons (Fsp3) is 0.350. The van der Waals surface area contributed by atoms with E-state index in [0.29, 0.717) is 16.8 Å². The van der Waals surface area contributed by atoms with Crippen molar-refractivity contribution in [3.05, 3.63) is 58.1 Å². The lowest BCUT2D eigenvalue weighted by Crippen LogP contribution is -2.35. The monoisotopic (exact) mass is 374 g/mol. The van der Waals surface area contributed by atoms with Crippen LogP contribution >= 0.6 is 0 Å². The molecule has 0 aliphatic rings. The van der Waals surface area contributed by atoms with Crippen LogP contribution in [0, 0.1) is 34.6 Å². The second-order valence-corrected chi connectivity index (χ2v) is 8.90. The average molecular weight is 375 g/mol. The van der Waals surface area contributed by atoms with E-state index in [4.69, 9.17) is 0 Å². The Labute approximate surface area is 156 Å². The zero-order valence-electron chi connectivity index (χ0n) is 16.2. The lowest BCUT2D eigenvalue weighted by atomic mass is 10.1. The maximum Gasteiger partial charge on any atom is 0.243 e. The van der Waals surface area contributed by atoms with Crippen LogP contribution < -0.4 is 5.32 Å². The Morgan fingerprint density at radius 1 is 0.885 bits per heavy atom. The van der Waals surface area contributed by atoms with Gasteiger partial charge in [0.2, 0.25) is 15.9 Å². The van der Waals surface area contributed by atoms with Crippen LogP contribution in [0.5, 0.6) is 0 Å². The van der Waals surface area contributed by atoms with Gasteiger partial charge in [-0.25, -0.2) is 8.42 Å². The number of carbonyl (C=O) groups excluding carboxylic acids is 1. The normalized spacial score (nSPS) is 11.7. The summed E-state index contributed by atoms with van der Waals surface area (Å²) in [5.74, 6) is -0.372. The van der Waals surface area contributed by atoms with Crippen molar-refractivity contribution < 1.29 is 13.2 Å². The Balaban J connectivity index is 2.20. The number of sulfonamides is 1. The molecule has 0 fully saturated rings. The quantitative estimate of drug-likeness (QED) is 0.871. The molecule has 0 heterocycles. The molecule has 0 spiro atoms. The van der Waals surface area contributed by atoms with Gasteiger partial charge in [0, 0.05) is 12.7 Å². The predicted molar refractivity (Wildman–Crippen MR) is 105 cm³/mol. The van der Waals surface area contributed by atoms with Gasteiger partial charge in [-0.05, 0) is 69.0 Å². The molecule has 26 heavy (non-hydrogen) atoms. The second kappa shape index (κ2) is 7.60. The van der Waals surface area contributed by atoms with E-state index in [9.17, 15) is 13.2 Å². The fourth-order valence-electron chi connectivity index (χ4n) is 3.26. The molecule has 0 bridgehead atoms. The lowest BCUT2D eigenvalue weighted by molar-refractivity contribution is -0.116. The van der Waals surface area contributed by atoms with Crippen LogP contribution in [-0.2, 0) is 14.8 Å². The molecule has 140 valence electrons. The largest absolute Gasteiger partial charge is 0.325 e. The van der Waals surface area contributed by atoms with Crippen LogP contribution in [0.1, 0.15) is 27.8 Å². The van der Waals surface area contributed by atoms with Gasteiger partial charge in [-0.1, -0.05) is 23.8 Å². The summed E-state index contributed by atoms with van der Waals surface area (Å²) in [5.41, 5.74) is 5.11. The molecule has 0 radical (unpaired) electrons. The Morgan fingerprint density at radius 3 is 1.85 bits per heavy atom. The van der Waals surface area contributed by atoms with E-state index < -0.39 is 10.0 Å². The summed E-state index contributed by atoms with van der Waals surface area (Å²) in [6.45, 7) is 9.12. The molecule has 1 N–H and O–H groups in total. The Bertz CT molecular complexity index is 906. The van der Waals surface area contributed by atoms with Gasteiger partial charge in [-0.15, -0.1) is 0 Å². The number of anilines is 1. The van der Waals surface area contributed by atoms with Gasteiger partial charge >= 0.3 is 0 Å². The van der Waals surface area contributed by atoms with Gasteiger partial charge in [-0.2, -0.15) is 4.31 Å². The zero-order valence-corrected chi connectivity index (χ0v) is 17.0. The Kier molecular flexibility index (Phi) is 5.88. The highest BCUT2D eigenvalue weighted by Crippen LogP contribution is 2.24. The van der Waals surface area contributed by atoms with E-state index in [1.54, 1.807) is 13.8 Å². The average Bonchev–Trinajstić information content (AvgIpc) is 2.43. The third kappa shape index (κ3) is 4.51. The highest BCUT2D eigenvalue weighted by Gasteiger charge is 2.26. The smallest absolute Gasteiger partial charge is 0.243 e. The minimum absolute atomic E-state index is 0.248. The van der Waals surface area contributed by atoms with Crippen molar-refractivity contribution in [1.29, 1.82) is 0 Å². The number of carbonyl (C=O) groups is 1. The molecule has 0 saturated carbocycles. The number of rotatable bonds is 5. The van der Waals surface area contributed by atoms with E-state index in [-0.39, 0.29) is 17.3 Å². The summed E-state index contributed by atoms with van der Waals surface area (Å²) in [5, 5.41) is 2.77. The van der Waals surface area contributed by atoms with E-state index in [2.05, 4.69) is 5.32 Å². The number of benzene rings is 2. The van der Waals surface area contributed by atoms with Crippen molar-refractivity contribution in [3.63, 3.8) is 0 Å². The first-order chi connectivity index (χ1) is 12.0.